The Kier molecular flexibility index (Phi) is 4.89. The van der Waals surface area contributed by atoms with Crippen LogP contribution < -0.4 is 10.9 Å². The topological polar surface area (TPSA) is 99.2 Å². The summed E-state index contributed by atoms with van der Waals surface area (Å²) in [6, 6.07) is 14.7. The lowest BCUT2D eigenvalue weighted by Gasteiger charge is -2.07. The fraction of sp³-hybridized carbons (Fsp3) is 0.158. The zero-order chi connectivity index (χ0) is 19.6. The van der Waals surface area contributed by atoms with Gasteiger partial charge >= 0.3 is 0 Å². The fourth-order valence-electron chi connectivity index (χ4n) is 2.84. The predicted octanol–water partition coefficient (Wildman–Crippen LogP) is 2.69. The zero-order valence-electron chi connectivity index (χ0n) is 14.9. The summed E-state index contributed by atoms with van der Waals surface area (Å²) >= 11 is 0. The minimum Gasteiger partial charge on any atom is -0.372 e. The number of carbonyl (C=O) groups is 1. The third-order valence-electron chi connectivity index (χ3n) is 4.36. The van der Waals surface area contributed by atoms with Gasteiger partial charge in [-0.15, -0.1) is 0 Å². The Morgan fingerprint density at radius 3 is 2.52 bits per heavy atom. The summed E-state index contributed by atoms with van der Waals surface area (Å²) in [6.07, 6.45) is 0. The highest BCUT2D eigenvalue weighted by Gasteiger charge is 2.17. The van der Waals surface area contributed by atoms with Crippen molar-refractivity contribution in [1.29, 1.82) is 0 Å². The number of carbonyl (C=O) groups excluding carboxylic acids is 1. The van der Waals surface area contributed by atoms with Crippen LogP contribution in [0.25, 0.3) is 5.69 Å². The molecule has 0 atom stereocenters. The monoisotopic (exact) mass is 366 g/mol. The third kappa shape index (κ3) is 3.50. The normalized spacial score (nSPS) is 10.6. The molecule has 1 heterocycles. The lowest BCUT2D eigenvalue weighted by Crippen LogP contribution is -2.22. The first-order valence-corrected chi connectivity index (χ1v) is 8.25. The van der Waals surface area contributed by atoms with Gasteiger partial charge in [0.2, 0.25) is 0 Å². The van der Waals surface area contributed by atoms with E-state index in [1.165, 1.54) is 28.9 Å². The van der Waals surface area contributed by atoms with E-state index in [4.69, 9.17) is 0 Å². The average Bonchev–Trinajstić information content (AvgIpc) is 2.89. The maximum absolute atomic E-state index is 12.8. The van der Waals surface area contributed by atoms with Crippen molar-refractivity contribution >= 4 is 17.2 Å². The highest BCUT2D eigenvalue weighted by molar-refractivity contribution is 5.99. The number of para-hydroxylation sites is 1. The number of hydrogen-bond acceptors (Lipinski definition) is 5. The van der Waals surface area contributed by atoms with Crippen LogP contribution in [0.15, 0.2) is 59.4 Å². The number of nitrogens with zero attached hydrogens (tertiary/aromatic N) is 3. The van der Waals surface area contributed by atoms with E-state index in [0.717, 1.165) is 0 Å². The molecule has 0 spiro atoms. The third-order valence-corrected chi connectivity index (χ3v) is 4.36. The summed E-state index contributed by atoms with van der Waals surface area (Å²) < 4.78 is 3.22. The van der Waals surface area contributed by atoms with Gasteiger partial charge < -0.3 is 5.32 Å². The van der Waals surface area contributed by atoms with E-state index >= 15 is 0 Å². The molecular weight excluding hydrogens is 348 g/mol. The molecule has 0 amide bonds. The summed E-state index contributed by atoms with van der Waals surface area (Å²) in [5.74, 6) is -0.340. The van der Waals surface area contributed by atoms with Crippen LogP contribution in [0.2, 0.25) is 0 Å². The number of anilines is 1. The Morgan fingerprint density at radius 2 is 1.85 bits per heavy atom. The molecular formula is C19H18N4O4. The van der Waals surface area contributed by atoms with Crippen molar-refractivity contribution in [3.63, 3.8) is 0 Å². The van der Waals surface area contributed by atoms with Crippen molar-refractivity contribution in [3.05, 3.63) is 86.3 Å². The standard InChI is InChI=1S/C19H18N4O4/c1-13-18(19(25)22(21(13)2)15-8-4-3-5-9-15)20-12-17(24)14-7-6-10-16(11-14)23(26)27/h3-11,20H,12H2,1-2H3. The first kappa shape index (κ1) is 18.1. The van der Waals surface area contributed by atoms with Crippen molar-refractivity contribution in [2.45, 2.75) is 6.92 Å². The van der Waals surface area contributed by atoms with E-state index < -0.39 is 4.92 Å². The molecule has 27 heavy (non-hydrogen) atoms. The minimum atomic E-state index is -0.552. The van der Waals surface area contributed by atoms with Crippen LogP contribution in [0.1, 0.15) is 16.1 Å². The molecule has 3 rings (SSSR count). The molecule has 138 valence electrons. The fourth-order valence-corrected chi connectivity index (χ4v) is 2.84. The Hall–Kier alpha value is -3.68. The molecule has 2 aromatic carbocycles. The van der Waals surface area contributed by atoms with Gasteiger partial charge in [0, 0.05) is 24.7 Å². The highest BCUT2D eigenvalue weighted by atomic mass is 16.6. The second-order valence-corrected chi connectivity index (χ2v) is 6.02. The van der Waals surface area contributed by atoms with Crippen LogP contribution in [0.4, 0.5) is 11.4 Å². The smallest absolute Gasteiger partial charge is 0.295 e. The summed E-state index contributed by atoms with van der Waals surface area (Å²) in [5.41, 5.74) is 1.51. The Balaban J connectivity index is 1.85. The van der Waals surface area contributed by atoms with E-state index in [9.17, 15) is 19.7 Å². The van der Waals surface area contributed by atoms with Gasteiger partial charge in [0.05, 0.1) is 22.8 Å². The molecule has 3 aromatic rings. The average molecular weight is 366 g/mol. The number of non-ortho nitro benzene ring substituents is 1. The number of nitro groups is 1. The lowest BCUT2D eigenvalue weighted by molar-refractivity contribution is -0.384. The van der Waals surface area contributed by atoms with Crippen molar-refractivity contribution in [2.75, 3.05) is 11.9 Å². The van der Waals surface area contributed by atoms with Crippen molar-refractivity contribution in [3.8, 4) is 5.69 Å². The summed E-state index contributed by atoms with van der Waals surface area (Å²) in [5, 5.41) is 13.7. The summed E-state index contributed by atoms with van der Waals surface area (Å²) in [6.45, 7) is 1.64. The number of hydrogen-bond donors (Lipinski definition) is 1. The molecule has 0 bridgehead atoms. The molecule has 0 aliphatic rings. The van der Waals surface area contributed by atoms with Crippen molar-refractivity contribution in [1.82, 2.24) is 9.36 Å². The number of nitro benzene ring substituents is 1. The van der Waals surface area contributed by atoms with E-state index in [1.54, 1.807) is 18.7 Å². The molecule has 0 unspecified atom stereocenters. The number of rotatable bonds is 6. The molecule has 1 aromatic heterocycles. The number of Topliss-reactive ketones (excluding diaryl/α,β-unsaturated/α-hetero) is 1. The van der Waals surface area contributed by atoms with Gasteiger partial charge in [-0.25, -0.2) is 4.68 Å². The second kappa shape index (κ2) is 7.28. The highest BCUT2D eigenvalue weighted by Crippen LogP contribution is 2.16. The van der Waals surface area contributed by atoms with E-state index in [0.29, 0.717) is 17.1 Å². The van der Waals surface area contributed by atoms with Gasteiger partial charge in [0.25, 0.3) is 11.2 Å². The van der Waals surface area contributed by atoms with Gasteiger partial charge in [-0.3, -0.25) is 24.4 Å². The molecule has 0 aliphatic carbocycles. The van der Waals surface area contributed by atoms with E-state index in [-0.39, 0.29) is 29.1 Å². The number of ketones is 1. The van der Waals surface area contributed by atoms with Crippen LogP contribution >= 0.6 is 0 Å². The first-order valence-electron chi connectivity index (χ1n) is 8.25. The molecule has 0 saturated carbocycles. The van der Waals surface area contributed by atoms with Crippen LogP contribution in [-0.4, -0.2) is 26.6 Å². The zero-order valence-corrected chi connectivity index (χ0v) is 14.9. The number of nitrogens with one attached hydrogen (secondary N) is 1. The second-order valence-electron chi connectivity index (χ2n) is 6.02. The first-order chi connectivity index (χ1) is 12.9. The van der Waals surface area contributed by atoms with Crippen molar-refractivity contribution in [2.24, 2.45) is 7.05 Å². The van der Waals surface area contributed by atoms with Gasteiger partial charge in [0.15, 0.2) is 5.78 Å². The Labute approximate surface area is 154 Å². The van der Waals surface area contributed by atoms with Gasteiger partial charge in [-0.1, -0.05) is 30.3 Å². The molecule has 0 saturated heterocycles. The van der Waals surface area contributed by atoms with Crippen LogP contribution in [0.5, 0.6) is 0 Å². The quantitative estimate of drug-likeness (QED) is 0.411. The molecule has 8 nitrogen and oxygen atoms in total. The van der Waals surface area contributed by atoms with E-state index in [1.807, 2.05) is 30.3 Å². The molecule has 1 N–H and O–H groups in total. The molecule has 0 aliphatic heterocycles. The van der Waals surface area contributed by atoms with Gasteiger partial charge in [0.1, 0.15) is 5.69 Å². The summed E-state index contributed by atoms with van der Waals surface area (Å²) in [7, 11) is 1.76. The van der Waals surface area contributed by atoms with E-state index in [2.05, 4.69) is 5.32 Å². The predicted molar refractivity (Wildman–Crippen MR) is 102 cm³/mol. The number of aromatic nitrogens is 2. The Bertz CT molecular complexity index is 1070. The van der Waals surface area contributed by atoms with Crippen LogP contribution in [-0.2, 0) is 7.05 Å². The van der Waals surface area contributed by atoms with Gasteiger partial charge in [-0.2, -0.15) is 0 Å². The largest absolute Gasteiger partial charge is 0.372 e. The molecule has 8 heteroatoms. The van der Waals surface area contributed by atoms with Crippen molar-refractivity contribution < 1.29 is 9.72 Å². The molecule has 0 fully saturated rings. The van der Waals surface area contributed by atoms with Gasteiger partial charge in [-0.05, 0) is 19.1 Å². The minimum absolute atomic E-state index is 0.143. The lowest BCUT2D eigenvalue weighted by atomic mass is 10.1. The van der Waals surface area contributed by atoms with Crippen LogP contribution in [0.3, 0.4) is 0 Å². The SMILES string of the molecule is Cc1c(NCC(=O)c2cccc([N+](=O)[O-])c2)c(=O)n(-c2ccccc2)n1C. The van der Waals surface area contributed by atoms with Crippen LogP contribution in [0, 0.1) is 17.0 Å². The molecule has 0 radical (unpaired) electrons. The number of benzene rings is 2. The Morgan fingerprint density at radius 1 is 1.15 bits per heavy atom. The summed E-state index contributed by atoms with van der Waals surface area (Å²) in [4.78, 5) is 35.5. The maximum Gasteiger partial charge on any atom is 0.295 e. The maximum atomic E-state index is 12.8.